The molecule has 1 saturated carbocycles. The van der Waals surface area contributed by atoms with Crippen LogP contribution >= 0.6 is 0 Å². The molecule has 0 spiro atoms. The first-order valence-corrected chi connectivity index (χ1v) is 8.41. The third-order valence-corrected chi connectivity index (χ3v) is 5.35. The minimum atomic E-state index is -0.778. The lowest BCUT2D eigenvalue weighted by Gasteiger charge is -2.35. The van der Waals surface area contributed by atoms with Gasteiger partial charge in [0.15, 0.2) is 0 Å². The van der Waals surface area contributed by atoms with Crippen LogP contribution in [0.4, 0.5) is 0 Å². The third kappa shape index (κ3) is 4.12. The van der Waals surface area contributed by atoms with Crippen LogP contribution in [0.5, 0.6) is 0 Å². The summed E-state index contributed by atoms with van der Waals surface area (Å²) in [6.07, 6.45) is 2.74. The van der Waals surface area contributed by atoms with Crippen LogP contribution < -0.4 is 5.32 Å². The van der Waals surface area contributed by atoms with Gasteiger partial charge in [-0.15, -0.1) is 0 Å². The average molecular weight is 317 g/mol. The van der Waals surface area contributed by atoms with E-state index >= 15 is 0 Å². The number of aliphatic carboxylic acids is 1. The molecular weight excluding hydrogens is 290 g/mol. The lowest BCUT2D eigenvalue weighted by atomic mass is 9.77. The first-order chi connectivity index (χ1) is 10.8. The fourth-order valence-electron chi connectivity index (χ4n) is 3.28. The molecule has 0 radical (unpaired) electrons. The van der Waals surface area contributed by atoms with Crippen molar-refractivity contribution in [2.75, 3.05) is 0 Å². The Labute approximate surface area is 138 Å². The number of carboxylic acids is 1. The Morgan fingerprint density at radius 3 is 2.39 bits per heavy atom. The Balaban J connectivity index is 2.00. The second-order valence-corrected chi connectivity index (χ2v) is 7.22. The van der Waals surface area contributed by atoms with Crippen molar-refractivity contribution in [2.45, 2.75) is 57.9 Å². The van der Waals surface area contributed by atoms with Gasteiger partial charge in [-0.05, 0) is 31.7 Å². The van der Waals surface area contributed by atoms with Gasteiger partial charge in [-0.3, -0.25) is 9.59 Å². The molecule has 1 aliphatic carbocycles. The summed E-state index contributed by atoms with van der Waals surface area (Å²) < 4.78 is 0. The molecule has 1 fully saturated rings. The number of hydrogen-bond acceptors (Lipinski definition) is 2. The van der Waals surface area contributed by atoms with E-state index in [1.807, 2.05) is 25.1 Å². The van der Waals surface area contributed by atoms with Crippen LogP contribution in [0.2, 0.25) is 0 Å². The summed E-state index contributed by atoms with van der Waals surface area (Å²) in [6, 6.07) is 10.1. The van der Waals surface area contributed by atoms with Crippen molar-refractivity contribution in [3.63, 3.8) is 0 Å². The largest absolute Gasteiger partial charge is 0.481 e. The van der Waals surface area contributed by atoms with E-state index in [4.69, 9.17) is 5.11 Å². The molecule has 2 N–H and O–H groups in total. The topological polar surface area (TPSA) is 66.4 Å². The van der Waals surface area contributed by atoms with Gasteiger partial charge >= 0.3 is 5.97 Å². The van der Waals surface area contributed by atoms with Crippen molar-refractivity contribution in [3.8, 4) is 0 Å². The molecule has 0 saturated heterocycles. The van der Waals surface area contributed by atoms with Crippen molar-refractivity contribution < 1.29 is 14.7 Å². The first kappa shape index (κ1) is 17.5. The van der Waals surface area contributed by atoms with E-state index in [0.29, 0.717) is 12.8 Å². The maximum absolute atomic E-state index is 12.6. The zero-order valence-electron chi connectivity index (χ0n) is 14.2. The quantitative estimate of drug-likeness (QED) is 0.875. The summed E-state index contributed by atoms with van der Waals surface area (Å²) in [5.41, 5.74) is 0.998. The molecule has 1 amide bonds. The lowest BCUT2D eigenvalue weighted by Crippen LogP contribution is -2.48. The van der Waals surface area contributed by atoms with Crippen LogP contribution in [0, 0.1) is 11.8 Å². The van der Waals surface area contributed by atoms with Gasteiger partial charge in [0.2, 0.25) is 5.91 Å². The number of carbonyl (C=O) groups is 2. The first-order valence-electron chi connectivity index (χ1n) is 8.41. The molecule has 4 nitrogen and oxygen atoms in total. The van der Waals surface area contributed by atoms with Gasteiger partial charge < -0.3 is 10.4 Å². The highest BCUT2D eigenvalue weighted by atomic mass is 16.4. The zero-order valence-corrected chi connectivity index (χ0v) is 14.2. The molecule has 0 aliphatic heterocycles. The summed E-state index contributed by atoms with van der Waals surface area (Å²) in [5, 5.41) is 12.3. The Morgan fingerprint density at radius 2 is 1.78 bits per heavy atom. The summed E-state index contributed by atoms with van der Waals surface area (Å²) >= 11 is 0. The maximum atomic E-state index is 12.6. The normalized spacial score (nSPS) is 23.1. The molecule has 4 heteroatoms. The summed E-state index contributed by atoms with van der Waals surface area (Å²) in [5.74, 6) is -1.34. The van der Waals surface area contributed by atoms with Gasteiger partial charge in [0.25, 0.3) is 0 Å². The molecule has 0 bridgehead atoms. The van der Waals surface area contributed by atoms with Crippen LogP contribution in [0.25, 0.3) is 0 Å². The fourth-order valence-corrected chi connectivity index (χ4v) is 3.28. The second kappa shape index (κ2) is 7.16. The highest BCUT2D eigenvalue weighted by Gasteiger charge is 2.34. The van der Waals surface area contributed by atoms with Crippen molar-refractivity contribution in [1.29, 1.82) is 0 Å². The maximum Gasteiger partial charge on any atom is 0.306 e. The van der Waals surface area contributed by atoms with E-state index in [9.17, 15) is 9.59 Å². The van der Waals surface area contributed by atoms with Crippen LogP contribution in [0.15, 0.2) is 30.3 Å². The molecule has 1 aromatic carbocycles. The van der Waals surface area contributed by atoms with Crippen LogP contribution in [0.3, 0.4) is 0 Å². The van der Waals surface area contributed by atoms with E-state index in [1.165, 1.54) is 5.56 Å². The molecule has 0 heterocycles. The lowest BCUT2D eigenvalue weighted by molar-refractivity contribution is -0.144. The van der Waals surface area contributed by atoms with Crippen molar-refractivity contribution in [2.24, 2.45) is 11.8 Å². The minimum absolute atomic E-state index is 0.00699. The van der Waals surface area contributed by atoms with E-state index in [2.05, 4.69) is 31.3 Å². The van der Waals surface area contributed by atoms with E-state index < -0.39 is 5.97 Å². The van der Waals surface area contributed by atoms with Gasteiger partial charge in [0.1, 0.15) is 0 Å². The summed E-state index contributed by atoms with van der Waals surface area (Å²) in [6.45, 7) is 6.25. The molecule has 0 aromatic heterocycles. The smallest absolute Gasteiger partial charge is 0.306 e. The third-order valence-electron chi connectivity index (χ3n) is 5.35. The number of carboxylic acid groups (broad SMARTS) is 1. The van der Waals surface area contributed by atoms with Crippen LogP contribution in [-0.2, 0) is 15.0 Å². The van der Waals surface area contributed by atoms with Crippen LogP contribution in [0.1, 0.15) is 52.0 Å². The number of benzene rings is 1. The van der Waals surface area contributed by atoms with Crippen LogP contribution in [-0.4, -0.2) is 23.0 Å². The fraction of sp³-hybridized carbons (Fsp3) is 0.579. The molecule has 3 unspecified atom stereocenters. The van der Waals surface area contributed by atoms with E-state index in [1.54, 1.807) is 0 Å². The Kier molecular flexibility index (Phi) is 5.45. The molecule has 1 aliphatic rings. The van der Waals surface area contributed by atoms with Gasteiger partial charge in [-0.2, -0.15) is 0 Å². The van der Waals surface area contributed by atoms with Crippen molar-refractivity contribution in [1.82, 2.24) is 5.32 Å². The molecule has 2 rings (SSSR count). The monoisotopic (exact) mass is 317 g/mol. The number of rotatable bonds is 5. The second-order valence-electron chi connectivity index (χ2n) is 7.22. The van der Waals surface area contributed by atoms with Gasteiger partial charge in [0.05, 0.1) is 5.92 Å². The van der Waals surface area contributed by atoms with E-state index in [0.717, 1.165) is 12.8 Å². The average Bonchev–Trinajstić information content (AvgIpc) is 2.55. The standard InChI is InChI=1S/C19H27NO3/c1-13(19(2,3)16-10-5-4-6-11-16)20-17(21)14-8-7-9-15(12-14)18(22)23/h4-6,10-11,13-15H,7-9,12H2,1-3H3,(H,20,21)(H,22,23). The predicted octanol–water partition coefficient (Wildman–Crippen LogP) is 3.36. The van der Waals surface area contributed by atoms with Gasteiger partial charge in [-0.25, -0.2) is 0 Å². The molecule has 1 aromatic rings. The van der Waals surface area contributed by atoms with Crippen molar-refractivity contribution in [3.05, 3.63) is 35.9 Å². The summed E-state index contributed by atoms with van der Waals surface area (Å²) in [4.78, 5) is 23.7. The minimum Gasteiger partial charge on any atom is -0.481 e. The number of amides is 1. The molecular formula is C19H27NO3. The van der Waals surface area contributed by atoms with Crippen molar-refractivity contribution >= 4 is 11.9 Å². The number of nitrogens with one attached hydrogen (secondary N) is 1. The Morgan fingerprint density at radius 1 is 1.17 bits per heavy atom. The Hall–Kier alpha value is -1.84. The van der Waals surface area contributed by atoms with Gasteiger partial charge in [-0.1, -0.05) is 50.6 Å². The van der Waals surface area contributed by atoms with Gasteiger partial charge in [0, 0.05) is 17.4 Å². The zero-order chi connectivity index (χ0) is 17.0. The predicted molar refractivity (Wildman–Crippen MR) is 90.2 cm³/mol. The molecule has 3 atom stereocenters. The SMILES string of the molecule is CC(NC(=O)C1CCCC(C(=O)O)C1)C(C)(C)c1ccccc1. The Bertz CT molecular complexity index is 553. The number of carbonyl (C=O) groups excluding carboxylic acids is 1. The highest BCUT2D eigenvalue weighted by Crippen LogP contribution is 2.31. The molecule has 23 heavy (non-hydrogen) atoms. The molecule has 126 valence electrons. The number of hydrogen-bond donors (Lipinski definition) is 2. The summed E-state index contributed by atoms with van der Waals surface area (Å²) in [7, 11) is 0. The highest BCUT2D eigenvalue weighted by molar-refractivity contribution is 5.80. The van der Waals surface area contributed by atoms with E-state index in [-0.39, 0.29) is 29.2 Å².